The quantitative estimate of drug-likeness (QED) is 0.410. The van der Waals surface area contributed by atoms with Gasteiger partial charge in [-0.3, -0.25) is 4.79 Å². The van der Waals surface area contributed by atoms with Gasteiger partial charge in [-0.2, -0.15) is 0 Å². The van der Waals surface area contributed by atoms with E-state index in [-0.39, 0.29) is 5.91 Å². The zero-order chi connectivity index (χ0) is 23.7. The van der Waals surface area contributed by atoms with Gasteiger partial charge in [0.15, 0.2) is 0 Å². The van der Waals surface area contributed by atoms with E-state index in [2.05, 4.69) is 43.3 Å². The molecule has 0 spiro atoms. The van der Waals surface area contributed by atoms with Crippen molar-refractivity contribution >= 4 is 22.4 Å². The average molecular weight is 458 g/mol. The van der Waals surface area contributed by atoms with Gasteiger partial charge in [-0.25, -0.2) is 0 Å². The van der Waals surface area contributed by atoms with Crippen molar-refractivity contribution in [2.45, 2.75) is 58.8 Å². The topological polar surface area (TPSA) is 42.7 Å². The van der Waals surface area contributed by atoms with E-state index in [1.807, 2.05) is 11.8 Å². The van der Waals surface area contributed by atoms with Gasteiger partial charge in [0.1, 0.15) is 17.1 Å². The van der Waals surface area contributed by atoms with Crippen LogP contribution in [0.5, 0.6) is 5.75 Å². The molecule has 3 aromatic rings. The van der Waals surface area contributed by atoms with Gasteiger partial charge in [0, 0.05) is 47.7 Å². The predicted octanol–water partition coefficient (Wildman–Crippen LogP) is 6.51. The summed E-state index contributed by atoms with van der Waals surface area (Å²) in [6.07, 6.45) is 9.48. The number of allylic oxidation sites excluding steroid dienone is 1. The standard InChI is InChI=1S/C30H35NO3/c1-20(17-28(32)31-15-13-23(14-16-31)18-22-9-5-4-6-10-22)25-19-26-24-11-7-8-12-27(24)34-30(26)21(2)29(25)33-3/h4-6,9-10,17,19,23H,7-8,11-16,18H2,1-3H3/b20-17+. The number of piperidine rings is 1. The van der Waals surface area contributed by atoms with Gasteiger partial charge in [-0.15, -0.1) is 0 Å². The summed E-state index contributed by atoms with van der Waals surface area (Å²) in [4.78, 5) is 15.2. The summed E-state index contributed by atoms with van der Waals surface area (Å²) in [7, 11) is 1.70. The molecular weight excluding hydrogens is 422 g/mol. The molecule has 0 bridgehead atoms. The lowest BCUT2D eigenvalue weighted by Crippen LogP contribution is -2.38. The second-order valence-corrected chi connectivity index (χ2v) is 9.96. The number of likely N-dealkylation sites (tertiary alicyclic amines) is 1. The van der Waals surface area contributed by atoms with Gasteiger partial charge in [0.05, 0.1) is 7.11 Å². The molecule has 1 saturated heterocycles. The molecule has 0 radical (unpaired) electrons. The van der Waals surface area contributed by atoms with Crippen LogP contribution in [-0.4, -0.2) is 31.0 Å². The Labute approximate surface area is 202 Å². The average Bonchev–Trinajstić information content (AvgIpc) is 3.24. The van der Waals surface area contributed by atoms with E-state index in [0.717, 1.165) is 79.0 Å². The highest BCUT2D eigenvalue weighted by Gasteiger charge is 2.25. The van der Waals surface area contributed by atoms with Crippen LogP contribution in [0.15, 0.2) is 46.9 Å². The van der Waals surface area contributed by atoms with Crippen molar-refractivity contribution in [1.82, 2.24) is 4.90 Å². The van der Waals surface area contributed by atoms with Crippen LogP contribution in [0, 0.1) is 12.8 Å². The van der Waals surface area contributed by atoms with E-state index >= 15 is 0 Å². The van der Waals surface area contributed by atoms with Crippen LogP contribution in [0.25, 0.3) is 16.5 Å². The predicted molar refractivity (Wildman–Crippen MR) is 137 cm³/mol. The third-order valence-corrected chi connectivity index (χ3v) is 7.69. The minimum atomic E-state index is 0.102. The maximum absolute atomic E-state index is 13.2. The molecule has 2 heterocycles. The second-order valence-electron chi connectivity index (χ2n) is 9.96. The van der Waals surface area contributed by atoms with E-state index in [1.165, 1.54) is 29.4 Å². The number of methoxy groups -OCH3 is 1. The Morgan fingerprint density at radius 2 is 1.88 bits per heavy atom. The van der Waals surface area contributed by atoms with Gasteiger partial charge in [-0.1, -0.05) is 30.3 Å². The van der Waals surface area contributed by atoms with Gasteiger partial charge >= 0.3 is 0 Å². The second kappa shape index (κ2) is 9.69. The van der Waals surface area contributed by atoms with Gasteiger partial charge in [-0.05, 0) is 75.5 Å². The molecule has 4 nitrogen and oxygen atoms in total. The summed E-state index contributed by atoms with van der Waals surface area (Å²) in [5.74, 6) is 2.68. The minimum Gasteiger partial charge on any atom is -0.496 e. The summed E-state index contributed by atoms with van der Waals surface area (Å²) in [6, 6.07) is 12.9. The maximum atomic E-state index is 13.2. The molecule has 34 heavy (non-hydrogen) atoms. The lowest BCUT2D eigenvalue weighted by molar-refractivity contribution is -0.127. The van der Waals surface area contributed by atoms with Crippen molar-refractivity contribution in [2.75, 3.05) is 20.2 Å². The van der Waals surface area contributed by atoms with E-state index in [9.17, 15) is 4.79 Å². The van der Waals surface area contributed by atoms with Crippen LogP contribution in [0.3, 0.4) is 0 Å². The molecule has 1 fully saturated rings. The molecule has 5 rings (SSSR count). The molecule has 0 unspecified atom stereocenters. The van der Waals surface area contributed by atoms with E-state index in [0.29, 0.717) is 5.92 Å². The summed E-state index contributed by atoms with van der Waals surface area (Å²) >= 11 is 0. The monoisotopic (exact) mass is 457 g/mol. The Bertz CT molecular complexity index is 1210. The first kappa shape index (κ1) is 22.8. The molecule has 1 aliphatic carbocycles. The largest absolute Gasteiger partial charge is 0.496 e. The maximum Gasteiger partial charge on any atom is 0.246 e. The molecule has 0 N–H and O–H groups in total. The van der Waals surface area contributed by atoms with Crippen LogP contribution in [-0.2, 0) is 24.1 Å². The highest BCUT2D eigenvalue weighted by atomic mass is 16.5. The Kier molecular flexibility index (Phi) is 6.49. The number of hydrogen-bond donors (Lipinski definition) is 0. The zero-order valence-corrected chi connectivity index (χ0v) is 20.7. The normalized spacial score (nSPS) is 17.1. The van der Waals surface area contributed by atoms with Crippen LogP contribution in [0.4, 0.5) is 0 Å². The first-order valence-electron chi connectivity index (χ1n) is 12.7. The molecule has 0 atom stereocenters. The molecule has 1 amide bonds. The minimum absolute atomic E-state index is 0.102. The SMILES string of the molecule is COc1c(/C(C)=C/C(=O)N2CCC(Cc3ccccc3)CC2)cc2c3c(oc2c1C)CCCC3. The summed E-state index contributed by atoms with van der Waals surface area (Å²) < 4.78 is 12.1. The number of aryl methyl sites for hydroxylation is 3. The van der Waals surface area contributed by atoms with E-state index < -0.39 is 0 Å². The summed E-state index contributed by atoms with van der Waals surface area (Å²) in [6.45, 7) is 5.73. The van der Waals surface area contributed by atoms with Crippen molar-refractivity contribution in [3.63, 3.8) is 0 Å². The Morgan fingerprint density at radius 3 is 2.62 bits per heavy atom. The molecule has 1 aromatic heterocycles. The van der Waals surface area contributed by atoms with E-state index in [4.69, 9.17) is 9.15 Å². The Morgan fingerprint density at radius 1 is 1.15 bits per heavy atom. The number of benzene rings is 2. The van der Waals surface area contributed by atoms with Gasteiger partial charge in [0.2, 0.25) is 5.91 Å². The van der Waals surface area contributed by atoms with Crippen LogP contribution in [0.2, 0.25) is 0 Å². The van der Waals surface area contributed by atoms with E-state index in [1.54, 1.807) is 13.2 Å². The summed E-state index contributed by atoms with van der Waals surface area (Å²) in [5.41, 5.74) is 6.63. The number of rotatable bonds is 5. The van der Waals surface area contributed by atoms with Gasteiger partial charge in [0.25, 0.3) is 0 Å². The van der Waals surface area contributed by atoms with Crippen molar-refractivity contribution < 1.29 is 13.9 Å². The highest BCUT2D eigenvalue weighted by Crippen LogP contribution is 2.41. The lowest BCUT2D eigenvalue weighted by atomic mass is 9.90. The summed E-state index contributed by atoms with van der Waals surface area (Å²) in [5, 5.41) is 1.19. The van der Waals surface area contributed by atoms with Crippen molar-refractivity contribution in [2.24, 2.45) is 5.92 Å². The van der Waals surface area contributed by atoms with Gasteiger partial charge < -0.3 is 14.1 Å². The van der Waals surface area contributed by atoms with Crippen LogP contribution < -0.4 is 4.74 Å². The van der Waals surface area contributed by atoms with Crippen molar-refractivity contribution in [1.29, 1.82) is 0 Å². The van der Waals surface area contributed by atoms with Crippen molar-refractivity contribution in [3.05, 3.63) is 70.5 Å². The first-order valence-corrected chi connectivity index (χ1v) is 12.7. The molecule has 0 saturated carbocycles. The highest BCUT2D eigenvalue weighted by molar-refractivity contribution is 5.98. The molecule has 2 aromatic carbocycles. The number of ether oxygens (including phenoxy) is 1. The number of furan rings is 1. The molecule has 178 valence electrons. The fourth-order valence-electron chi connectivity index (χ4n) is 5.75. The number of nitrogens with zero attached hydrogens (tertiary/aromatic N) is 1. The van der Waals surface area contributed by atoms with Crippen LogP contribution in [0.1, 0.15) is 60.6 Å². The smallest absolute Gasteiger partial charge is 0.246 e. The number of carbonyl (C=O) groups is 1. The number of amides is 1. The van der Waals surface area contributed by atoms with Crippen molar-refractivity contribution in [3.8, 4) is 5.75 Å². The fraction of sp³-hybridized carbons (Fsp3) is 0.433. The third kappa shape index (κ3) is 4.38. The zero-order valence-electron chi connectivity index (χ0n) is 20.7. The molecule has 1 aliphatic heterocycles. The molecule has 2 aliphatic rings. The number of carbonyl (C=O) groups excluding carboxylic acids is 1. The first-order chi connectivity index (χ1) is 16.5. The number of fused-ring (bicyclic) bond motifs is 3. The lowest BCUT2D eigenvalue weighted by Gasteiger charge is -2.31. The Hall–Kier alpha value is -3.01. The molecular formula is C30H35NO3. The fourth-order valence-corrected chi connectivity index (χ4v) is 5.75. The molecule has 4 heteroatoms. The third-order valence-electron chi connectivity index (χ3n) is 7.69. The Balaban J connectivity index is 1.34. The van der Waals surface area contributed by atoms with Crippen LogP contribution >= 0.6 is 0 Å². The number of hydrogen-bond acceptors (Lipinski definition) is 3.